The largest absolute Gasteiger partial charge is 0.351 e. The number of imidazole rings is 1. The number of hydrogen-bond donors (Lipinski definition) is 1. The summed E-state index contributed by atoms with van der Waals surface area (Å²) in [6.45, 7) is 2.96. The minimum absolute atomic E-state index is 0.0371. The van der Waals surface area contributed by atoms with Crippen LogP contribution in [0.2, 0.25) is 0 Å². The Morgan fingerprint density at radius 2 is 1.84 bits per heavy atom. The molecule has 0 spiro atoms. The molecule has 8 heteroatoms. The highest BCUT2D eigenvalue weighted by Gasteiger charge is 2.15. The molecule has 0 fully saturated rings. The Morgan fingerprint density at radius 1 is 1.09 bits per heavy atom. The topological polar surface area (TPSA) is 90.1 Å². The number of para-hydroxylation sites is 2. The molecule has 1 unspecified atom stereocenters. The van der Waals surface area contributed by atoms with E-state index in [9.17, 15) is 14.9 Å². The van der Waals surface area contributed by atoms with Crippen LogP contribution in [0.4, 0.5) is 5.69 Å². The van der Waals surface area contributed by atoms with E-state index in [1.165, 1.54) is 23.9 Å². The van der Waals surface area contributed by atoms with E-state index in [0.29, 0.717) is 13.1 Å². The number of nitrogens with one attached hydrogen (secondary N) is 1. The van der Waals surface area contributed by atoms with Gasteiger partial charge in [0, 0.05) is 30.1 Å². The Labute approximate surface area is 189 Å². The summed E-state index contributed by atoms with van der Waals surface area (Å²) in [5.41, 5.74) is 4.25. The van der Waals surface area contributed by atoms with E-state index >= 15 is 0 Å². The summed E-state index contributed by atoms with van der Waals surface area (Å²) in [6.07, 6.45) is 1.84. The van der Waals surface area contributed by atoms with Gasteiger partial charge in [0.1, 0.15) is 0 Å². The predicted octanol–water partition coefficient (Wildman–Crippen LogP) is 4.79. The van der Waals surface area contributed by atoms with Crippen LogP contribution in [0.1, 0.15) is 18.1 Å². The Bertz CT molecular complexity index is 1250. The molecule has 3 aromatic carbocycles. The van der Waals surface area contributed by atoms with Crippen molar-refractivity contribution in [3.63, 3.8) is 0 Å². The zero-order valence-electron chi connectivity index (χ0n) is 17.5. The van der Waals surface area contributed by atoms with Crippen LogP contribution in [-0.2, 0) is 17.9 Å². The number of nitro groups is 1. The fraction of sp³-hybridized carbons (Fsp3) is 0.167. The van der Waals surface area contributed by atoms with E-state index in [4.69, 9.17) is 0 Å². The smallest absolute Gasteiger partial charge is 0.269 e. The molecule has 0 aliphatic carbocycles. The first kappa shape index (κ1) is 21.6. The summed E-state index contributed by atoms with van der Waals surface area (Å²) in [7, 11) is 0. The molecule has 1 amide bonds. The molecule has 7 nitrogen and oxygen atoms in total. The highest BCUT2D eigenvalue weighted by molar-refractivity contribution is 8.00. The minimum atomic E-state index is -0.437. The van der Waals surface area contributed by atoms with Crippen molar-refractivity contribution in [3.8, 4) is 0 Å². The van der Waals surface area contributed by atoms with Crippen molar-refractivity contribution in [2.24, 2.45) is 0 Å². The molecule has 0 radical (unpaired) electrons. The third kappa shape index (κ3) is 5.15. The standard InChI is InChI=1S/C24H22N4O3S/c1-17(32-21-11-9-20(10-12-21)28(30)31)24(29)25-14-18-5-4-6-19(13-18)15-27-16-26-22-7-2-3-8-23(22)27/h2-13,16-17H,14-15H2,1H3,(H,25,29). The van der Waals surface area contributed by atoms with Crippen LogP contribution in [0.3, 0.4) is 0 Å². The molecule has 32 heavy (non-hydrogen) atoms. The lowest BCUT2D eigenvalue weighted by atomic mass is 10.1. The maximum Gasteiger partial charge on any atom is 0.269 e. The van der Waals surface area contributed by atoms with E-state index in [-0.39, 0.29) is 16.8 Å². The van der Waals surface area contributed by atoms with Gasteiger partial charge in [0.15, 0.2) is 0 Å². The molecule has 0 bridgehead atoms. The molecule has 1 N–H and O–H groups in total. The van der Waals surface area contributed by atoms with E-state index < -0.39 is 4.92 Å². The second-order valence-electron chi connectivity index (χ2n) is 7.41. The molecular formula is C24H22N4O3S. The SMILES string of the molecule is CC(Sc1ccc([N+](=O)[O-])cc1)C(=O)NCc1cccc(Cn2cnc3ccccc32)c1. The Hall–Kier alpha value is -3.65. The molecule has 1 heterocycles. The maximum absolute atomic E-state index is 12.5. The van der Waals surface area contributed by atoms with Crippen molar-refractivity contribution in [2.75, 3.05) is 0 Å². The molecule has 0 saturated heterocycles. The third-order valence-electron chi connectivity index (χ3n) is 5.07. The van der Waals surface area contributed by atoms with Gasteiger partial charge in [-0.3, -0.25) is 14.9 Å². The van der Waals surface area contributed by atoms with Crippen molar-refractivity contribution < 1.29 is 9.72 Å². The van der Waals surface area contributed by atoms with E-state index in [0.717, 1.165) is 27.1 Å². The fourth-order valence-electron chi connectivity index (χ4n) is 3.41. The number of amides is 1. The van der Waals surface area contributed by atoms with Crippen LogP contribution in [0.25, 0.3) is 11.0 Å². The Balaban J connectivity index is 1.34. The van der Waals surface area contributed by atoms with Crippen LogP contribution < -0.4 is 5.32 Å². The van der Waals surface area contributed by atoms with Crippen molar-refractivity contribution in [2.45, 2.75) is 30.2 Å². The van der Waals surface area contributed by atoms with Gasteiger partial charge in [0.25, 0.3) is 5.69 Å². The Kier molecular flexibility index (Phi) is 6.51. The van der Waals surface area contributed by atoms with Crippen LogP contribution in [0, 0.1) is 10.1 Å². The second kappa shape index (κ2) is 9.65. The number of benzene rings is 3. The second-order valence-corrected chi connectivity index (χ2v) is 8.82. The number of fused-ring (bicyclic) bond motifs is 1. The van der Waals surface area contributed by atoms with Gasteiger partial charge in [-0.05, 0) is 42.3 Å². The van der Waals surface area contributed by atoms with E-state index in [2.05, 4.69) is 33.1 Å². The van der Waals surface area contributed by atoms with Gasteiger partial charge < -0.3 is 9.88 Å². The van der Waals surface area contributed by atoms with Gasteiger partial charge >= 0.3 is 0 Å². The number of carbonyl (C=O) groups is 1. The number of nitro benzene ring substituents is 1. The number of thioether (sulfide) groups is 1. The van der Waals surface area contributed by atoms with Gasteiger partial charge in [-0.1, -0.05) is 36.4 Å². The molecule has 1 atom stereocenters. The number of aromatic nitrogens is 2. The average Bonchev–Trinajstić information content (AvgIpc) is 3.21. The first-order valence-corrected chi connectivity index (χ1v) is 11.0. The number of hydrogen-bond acceptors (Lipinski definition) is 5. The first-order valence-electron chi connectivity index (χ1n) is 10.2. The zero-order chi connectivity index (χ0) is 22.5. The summed E-state index contributed by atoms with van der Waals surface area (Å²) >= 11 is 1.37. The molecule has 1 aromatic heterocycles. The summed E-state index contributed by atoms with van der Waals surface area (Å²) in [6, 6.07) is 22.4. The highest BCUT2D eigenvalue weighted by Crippen LogP contribution is 2.25. The van der Waals surface area contributed by atoms with Crippen LogP contribution in [0.15, 0.2) is 84.0 Å². The van der Waals surface area contributed by atoms with Crippen molar-refractivity contribution in [3.05, 3.63) is 100 Å². The van der Waals surface area contributed by atoms with E-state index in [1.807, 2.05) is 43.6 Å². The lowest BCUT2D eigenvalue weighted by Crippen LogP contribution is -2.30. The van der Waals surface area contributed by atoms with Crippen molar-refractivity contribution in [1.29, 1.82) is 0 Å². The lowest BCUT2D eigenvalue weighted by molar-refractivity contribution is -0.384. The van der Waals surface area contributed by atoms with Gasteiger partial charge in [-0.2, -0.15) is 0 Å². The molecule has 0 aliphatic rings. The van der Waals surface area contributed by atoms with Crippen molar-refractivity contribution in [1.82, 2.24) is 14.9 Å². The van der Waals surface area contributed by atoms with Gasteiger partial charge in [-0.25, -0.2) is 4.98 Å². The zero-order valence-corrected chi connectivity index (χ0v) is 18.3. The molecule has 4 rings (SSSR count). The number of rotatable bonds is 8. The summed E-state index contributed by atoms with van der Waals surface area (Å²) in [4.78, 5) is 28.1. The predicted molar refractivity (Wildman–Crippen MR) is 126 cm³/mol. The van der Waals surface area contributed by atoms with Gasteiger partial charge in [0.2, 0.25) is 5.91 Å². The third-order valence-corrected chi connectivity index (χ3v) is 6.18. The fourth-order valence-corrected chi connectivity index (χ4v) is 4.30. The van der Waals surface area contributed by atoms with Crippen molar-refractivity contribution >= 4 is 34.4 Å². The van der Waals surface area contributed by atoms with Gasteiger partial charge in [0.05, 0.1) is 27.5 Å². The number of non-ortho nitro benzene ring substituents is 1. The molecule has 0 aliphatic heterocycles. The molecular weight excluding hydrogens is 424 g/mol. The summed E-state index contributed by atoms with van der Waals surface area (Å²) in [5.74, 6) is -0.0839. The van der Waals surface area contributed by atoms with Gasteiger partial charge in [-0.15, -0.1) is 11.8 Å². The van der Waals surface area contributed by atoms with E-state index in [1.54, 1.807) is 12.1 Å². The summed E-state index contributed by atoms with van der Waals surface area (Å²) in [5, 5.41) is 13.4. The molecule has 162 valence electrons. The van der Waals surface area contributed by atoms with Crippen LogP contribution >= 0.6 is 11.8 Å². The quantitative estimate of drug-likeness (QED) is 0.239. The number of nitrogens with zero attached hydrogens (tertiary/aromatic N) is 3. The monoisotopic (exact) mass is 446 g/mol. The Morgan fingerprint density at radius 3 is 2.62 bits per heavy atom. The van der Waals surface area contributed by atoms with Crippen LogP contribution in [-0.4, -0.2) is 25.6 Å². The molecule has 4 aromatic rings. The normalized spacial score (nSPS) is 11.9. The first-order chi connectivity index (χ1) is 15.5. The summed E-state index contributed by atoms with van der Waals surface area (Å²) < 4.78 is 2.11. The molecule has 0 saturated carbocycles. The minimum Gasteiger partial charge on any atom is -0.351 e. The maximum atomic E-state index is 12.5. The number of carbonyl (C=O) groups excluding carboxylic acids is 1. The average molecular weight is 447 g/mol. The van der Waals surface area contributed by atoms with Crippen LogP contribution in [0.5, 0.6) is 0 Å². The lowest BCUT2D eigenvalue weighted by Gasteiger charge is -2.13. The highest BCUT2D eigenvalue weighted by atomic mass is 32.2.